The Bertz CT molecular complexity index is 880. The maximum atomic E-state index is 11.8. The first kappa shape index (κ1) is 15.2. The van der Waals surface area contributed by atoms with Crippen LogP contribution in [0.25, 0.3) is 11.0 Å². The molecule has 0 bridgehead atoms. The van der Waals surface area contributed by atoms with Crippen molar-refractivity contribution in [2.75, 3.05) is 7.11 Å². The number of benzene rings is 2. The lowest BCUT2D eigenvalue weighted by atomic mass is 10.1. The fourth-order valence-electron chi connectivity index (χ4n) is 2.51. The van der Waals surface area contributed by atoms with Crippen LogP contribution in [0.1, 0.15) is 18.1 Å². The molecule has 4 heteroatoms. The molecule has 118 valence electrons. The van der Waals surface area contributed by atoms with Gasteiger partial charge in [-0.3, -0.25) is 0 Å². The van der Waals surface area contributed by atoms with Crippen molar-refractivity contribution in [3.05, 3.63) is 70.1 Å². The molecule has 0 atom stereocenters. The molecule has 0 unspecified atom stereocenters. The standard InChI is InChI=1S/C19H18O4/c1-3-13-8-9-15-14(11-19(20)23-18(15)10-13)12-22-17-7-5-4-6-16(17)21-2/h4-11H,3,12H2,1-2H3. The van der Waals surface area contributed by atoms with Gasteiger partial charge in [0.25, 0.3) is 0 Å². The third-order valence-corrected chi connectivity index (χ3v) is 3.76. The van der Waals surface area contributed by atoms with Crippen molar-refractivity contribution in [3.8, 4) is 11.5 Å². The molecule has 0 aliphatic carbocycles. The molecule has 3 rings (SSSR count). The highest BCUT2D eigenvalue weighted by atomic mass is 16.5. The minimum atomic E-state index is -0.371. The second-order valence-corrected chi connectivity index (χ2v) is 5.21. The zero-order valence-corrected chi connectivity index (χ0v) is 13.2. The molecule has 0 aliphatic heterocycles. The summed E-state index contributed by atoms with van der Waals surface area (Å²) in [6.07, 6.45) is 0.890. The maximum absolute atomic E-state index is 11.8. The van der Waals surface area contributed by atoms with Crippen molar-refractivity contribution in [1.29, 1.82) is 0 Å². The Hall–Kier alpha value is -2.75. The molecule has 2 aromatic carbocycles. The third-order valence-electron chi connectivity index (χ3n) is 3.76. The van der Waals surface area contributed by atoms with Crippen molar-refractivity contribution >= 4 is 11.0 Å². The Kier molecular flexibility index (Phi) is 4.33. The van der Waals surface area contributed by atoms with Crippen LogP contribution >= 0.6 is 0 Å². The molecule has 0 radical (unpaired) electrons. The molecular weight excluding hydrogens is 292 g/mol. The van der Waals surface area contributed by atoms with E-state index in [0.29, 0.717) is 17.1 Å². The fraction of sp³-hybridized carbons (Fsp3) is 0.211. The van der Waals surface area contributed by atoms with Gasteiger partial charge in [0.15, 0.2) is 11.5 Å². The van der Waals surface area contributed by atoms with Crippen LogP contribution < -0.4 is 15.1 Å². The van der Waals surface area contributed by atoms with Crippen LogP contribution in [-0.2, 0) is 13.0 Å². The second-order valence-electron chi connectivity index (χ2n) is 5.21. The van der Waals surface area contributed by atoms with Crippen LogP contribution in [0.3, 0.4) is 0 Å². The van der Waals surface area contributed by atoms with Crippen LogP contribution in [0.4, 0.5) is 0 Å². The summed E-state index contributed by atoms with van der Waals surface area (Å²) in [6, 6.07) is 14.8. The average molecular weight is 310 g/mol. The largest absolute Gasteiger partial charge is 0.493 e. The molecule has 0 fully saturated rings. The number of fused-ring (bicyclic) bond motifs is 1. The Balaban J connectivity index is 1.95. The summed E-state index contributed by atoms with van der Waals surface area (Å²) in [7, 11) is 1.60. The Morgan fingerprint density at radius 1 is 1.04 bits per heavy atom. The minimum Gasteiger partial charge on any atom is -0.493 e. The topological polar surface area (TPSA) is 48.7 Å². The molecule has 23 heavy (non-hydrogen) atoms. The molecule has 1 aromatic heterocycles. The van der Waals surface area contributed by atoms with Gasteiger partial charge in [0, 0.05) is 17.0 Å². The van der Waals surface area contributed by atoms with Crippen LogP contribution in [0.2, 0.25) is 0 Å². The predicted octanol–water partition coefficient (Wildman–Crippen LogP) is 3.94. The highest BCUT2D eigenvalue weighted by Crippen LogP contribution is 2.27. The summed E-state index contributed by atoms with van der Waals surface area (Å²) >= 11 is 0. The molecule has 0 amide bonds. The number of ether oxygens (including phenoxy) is 2. The number of hydrogen-bond donors (Lipinski definition) is 0. The molecule has 0 spiro atoms. The molecule has 0 saturated carbocycles. The lowest BCUT2D eigenvalue weighted by molar-refractivity contribution is 0.285. The van der Waals surface area contributed by atoms with Gasteiger partial charge in [-0.15, -0.1) is 0 Å². The normalized spacial score (nSPS) is 10.7. The van der Waals surface area contributed by atoms with Gasteiger partial charge in [-0.1, -0.05) is 31.2 Å². The molecule has 0 saturated heterocycles. The van der Waals surface area contributed by atoms with Gasteiger partial charge in [-0.25, -0.2) is 4.79 Å². The average Bonchev–Trinajstić information content (AvgIpc) is 2.59. The van der Waals surface area contributed by atoms with Crippen LogP contribution in [-0.4, -0.2) is 7.11 Å². The first-order valence-corrected chi connectivity index (χ1v) is 7.52. The fourth-order valence-corrected chi connectivity index (χ4v) is 2.51. The second kappa shape index (κ2) is 6.57. The molecule has 0 N–H and O–H groups in total. The van der Waals surface area contributed by atoms with E-state index in [9.17, 15) is 4.79 Å². The van der Waals surface area contributed by atoms with E-state index >= 15 is 0 Å². The summed E-state index contributed by atoms with van der Waals surface area (Å²) < 4.78 is 16.4. The van der Waals surface area contributed by atoms with Gasteiger partial charge in [-0.05, 0) is 30.2 Å². The number of methoxy groups -OCH3 is 1. The van der Waals surface area contributed by atoms with Crippen molar-refractivity contribution in [1.82, 2.24) is 0 Å². The Morgan fingerprint density at radius 3 is 2.57 bits per heavy atom. The van der Waals surface area contributed by atoms with Crippen molar-refractivity contribution < 1.29 is 13.9 Å². The van der Waals surface area contributed by atoms with Gasteiger partial charge in [-0.2, -0.15) is 0 Å². The van der Waals surface area contributed by atoms with Gasteiger partial charge in [0.1, 0.15) is 12.2 Å². The van der Waals surface area contributed by atoms with Gasteiger partial charge >= 0.3 is 5.63 Å². The SMILES string of the molecule is CCc1ccc2c(COc3ccccc3OC)cc(=O)oc2c1. The van der Waals surface area contributed by atoms with Gasteiger partial charge in [0.05, 0.1) is 7.11 Å². The zero-order valence-electron chi connectivity index (χ0n) is 13.2. The highest BCUT2D eigenvalue weighted by molar-refractivity contribution is 5.80. The lowest BCUT2D eigenvalue weighted by Gasteiger charge is -2.11. The molecule has 0 aliphatic rings. The molecule has 1 heterocycles. The zero-order chi connectivity index (χ0) is 16.2. The van der Waals surface area contributed by atoms with Crippen LogP contribution in [0.15, 0.2) is 57.7 Å². The van der Waals surface area contributed by atoms with E-state index in [-0.39, 0.29) is 12.2 Å². The van der Waals surface area contributed by atoms with E-state index in [1.807, 2.05) is 42.5 Å². The van der Waals surface area contributed by atoms with E-state index < -0.39 is 0 Å². The minimum absolute atomic E-state index is 0.272. The summed E-state index contributed by atoms with van der Waals surface area (Å²) in [6.45, 7) is 2.34. The summed E-state index contributed by atoms with van der Waals surface area (Å²) in [5.74, 6) is 1.30. The number of rotatable bonds is 5. The predicted molar refractivity (Wildman–Crippen MR) is 89.2 cm³/mol. The smallest absolute Gasteiger partial charge is 0.336 e. The quantitative estimate of drug-likeness (QED) is 0.670. The summed E-state index contributed by atoms with van der Waals surface area (Å²) in [4.78, 5) is 11.8. The third kappa shape index (κ3) is 3.21. The van der Waals surface area contributed by atoms with E-state index in [4.69, 9.17) is 13.9 Å². The monoisotopic (exact) mass is 310 g/mol. The van der Waals surface area contributed by atoms with Gasteiger partial charge in [0.2, 0.25) is 0 Å². The van der Waals surface area contributed by atoms with Crippen molar-refractivity contribution in [2.24, 2.45) is 0 Å². The first-order valence-electron chi connectivity index (χ1n) is 7.52. The van der Waals surface area contributed by atoms with Gasteiger partial charge < -0.3 is 13.9 Å². The lowest BCUT2D eigenvalue weighted by Crippen LogP contribution is -2.04. The van der Waals surface area contributed by atoms with Crippen LogP contribution in [0, 0.1) is 0 Å². The molecule has 3 aromatic rings. The van der Waals surface area contributed by atoms with E-state index in [1.165, 1.54) is 6.07 Å². The first-order chi connectivity index (χ1) is 11.2. The summed E-state index contributed by atoms with van der Waals surface area (Å²) in [5, 5.41) is 0.886. The van der Waals surface area contributed by atoms with E-state index in [1.54, 1.807) is 7.11 Å². The van der Waals surface area contributed by atoms with Crippen molar-refractivity contribution in [2.45, 2.75) is 20.0 Å². The number of aryl methyl sites for hydroxylation is 1. The number of hydrogen-bond acceptors (Lipinski definition) is 4. The van der Waals surface area contributed by atoms with E-state index in [0.717, 1.165) is 22.9 Å². The Morgan fingerprint density at radius 2 is 1.83 bits per heavy atom. The Labute approximate surface area is 134 Å². The number of para-hydroxylation sites is 2. The maximum Gasteiger partial charge on any atom is 0.336 e. The highest BCUT2D eigenvalue weighted by Gasteiger charge is 2.09. The van der Waals surface area contributed by atoms with Crippen molar-refractivity contribution in [3.63, 3.8) is 0 Å². The van der Waals surface area contributed by atoms with Crippen LogP contribution in [0.5, 0.6) is 11.5 Å². The molecule has 4 nitrogen and oxygen atoms in total. The summed E-state index contributed by atoms with van der Waals surface area (Å²) in [5.41, 5.74) is 2.15. The molecular formula is C19H18O4. The van der Waals surface area contributed by atoms with E-state index in [2.05, 4.69) is 6.92 Å².